The van der Waals surface area contributed by atoms with Crippen molar-refractivity contribution in [2.75, 3.05) is 13.2 Å². The first-order valence-electron chi connectivity index (χ1n) is 17.3. The van der Waals surface area contributed by atoms with Crippen molar-refractivity contribution in [3.63, 3.8) is 0 Å². The second-order valence-corrected chi connectivity index (χ2v) is 12.6. The molecule has 3 rings (SSSR count). The third-order valence-electron chi connectivity index (χ3n) is 7.72. The van der Waals surface area contributed by atoms with Gasteiger partial charge in [0.1, 0.15) is 36.9 Å². The molecule has 0 aromatic heterocycles. The molecule has 0 unspecified atom stereocenters. The van der Waals surface area contributed by atoms with Gasteiger partial charge in [0, 0.05) is 61.5 Å². The third kappa shape index (κ3) is 13.4. The van der Waals surface area contributed by atoms with Gasteiger partial charge in [-0.05, 0) is 19.1 Å². The summed E-state index contributed by atoms with van der Waals surface area (Å²) in [6, 6.07) is 3.69. The number of hydrogen-bond donors (Lipinski definition) is 0. The summed E-state index contributed by atoms with van der Waals surface area (Å²) < 4.78 is 66.9. The first kappa shape index (κ1) is 45.6. The molecule has 0 aliphatic carbocycles. The van der Waals surface area contributed by atoms with Crippen molar-refractivity contribution in [3.8, 4) is 11.5 Å². The van der Waals surface area contributed by atoms with Gasteiger partial charge in [-0.1, -0.05) is 0 Å². The number of carbonyl (C=O) groups is 9. The van der Waals surface area contributed by atoms with Crippen molar-refractivity contribution in [1.29, 1.82) is 0 Å². The van der Waals surface area contributed by atoms with Crippen molar-refractivity contribution in [2.45, 2.75) is 124 Å². The maximum atomic E-state index is 12.9. The molecule has 57 heavy (non-hydrogen) atoms. The van der Waals surface area contributed by atoms with Crippen LogP contribution in [-0.2, 0) is 85.7 Å². The molecule has 21 heteroatoms. The van der Waals surface area contributed by atoms with Gasteiger partial charge in [0.2, 0.25) is 24.8 Å². The number of hydrogen-bond acceptors (Lipinski definition) is 21. The first-order valence-corrected chi connectivity index (χ1v) is 17.3. The van der Waals surface area contributed by atoms with E-state index in [-0.39, 0.29) is 17.1 Å². The van der Waals surface area contributed by atoms with E-state index < -0.39 is 128 Å². The van der Waals surface area contributed by atoms with E-state index in [0.29, 0.717) is 0 Å². The highest BCUT2D eigenvalue weighted by Gasteiger charge is 2.55. The van der Waals surface area contributed by atoms with E-state index >= 15 is 0 Å². The largest absolute Gasteiger partial charge is 0.463 e. The minimum absolute atomic E-state index is 0.100. The molecule has 2 aliphatic rings. The van der Waals surface area contributed by atoms with Gasteiger partial charge in [-0.2, -0.15) is 0 Å². The Morgan fingerprint density at radius 1 is 0.456 bits per heavy atom. The predicted molar refractivity (Wildman–Crippen MR) is 182 cm³/mol. The van der Waals surface area contributed by atoms with Gasteiger partial charge in [0.25, 0.3) is 0 Å². The Morgan fingerprint density at radius 3 is 1.16 bits per heavy atom. The zero-order valence-electron chi connectivity index (χ0n) is 32.5. The normalized spacial score (nSPS) is 26.6. The van der Waals surface area contributed by atoms with Crippen LogP contribution in [0.15, 0.2) is 18.2 Å². The molecule has 1 aromatic rings. The highest BCUT2D eigenvalue weighted by molar-refractivity contribution is 5.97. The quantitative estimate of drug-likeness (QED) is 0.135. The Morgan fingerprint density at radius 2 is 0.807 bits per heavy atom. The lowest BCUT2D eigenvalue weighted by Crippen LogP contribution is -2.63. The molecule has 0 amide bonds. The van der Waals surface area contributed by atoms with Gasteiger partial charge >= 0.3 is 47.8 Å². The minimum Gasteiger partial charge on any atom is -0.463 e. The van der Waals surface area contributed by atoms with Crippen LogP contribution in [0, 0.1) is 0 Å². The van der Waals surface area contributed by atoms with E-state index in [9.17, 15) is 43.2 Å². The summed E-state index contributed by atoms with van der Waals surface area (Å²) >= 11 is 0. The van der Waals surface area contributed by atoms with Crippen molar-refractivity contribution >= 4 is 53.5 Å². The molecule has 2 heterocycles. The van der Waals surface area contributed by atoms with Gasteiger partial charge in [-0.3, -0.25) is 43.2 Å². The fraction of sp³-hybridized carbons (Fsp3) is 0.583. The standard InChI is InChI=1S/C36H44O21/c1-15(37)25-11-10-24(54-35-33(52-22(8)44)31(50-20(6)42)29(48-18(4)40)27(56-35)13-46-16(2)38)12-26(25)55-36-34(53-23(9)45)32(51-21(7)43)30(49-19(5)41)28(57-36)14-47-17(3)39/h10-12,27-36H,13-14H2,1-9H3/t27-,28-,29-,30-,31+,32+,33-,34-,35-,36-/m1/s1. The number of benzene rings is 1. The lowest BCUT2D eigenvalue weighted by Gasteiger charge is -2.44. The summed E-state index contributed by atoms with van der Waals surface area (Å²) in [5.74, 6) is -7.82. The maximum absolute atomic E-state index is 12.9. The highest BCUT2D eigenvalue weighted by Crippen LogP contribution is 2.36. The zero-order chi connectivity index (χ0) is 42.7. The average molecular weight is 813 g/mol. The second-order valence-electron chi connectivity index (χ2n) is 12.6. The van der Waals surface area contributed by atoms with E-state index in [1.165, 1.54) is 19.1 Å². The number of carbonyl (C=O) groups excluding carboxylic acids is 9. The van der Waals surface area contributed by atoms with E-state index in [1.54, 1.807) is 0 Å². The van der Waals surface area contributed by atoms with Crippen molar-refractivity contribution < 1.29 is 100.0 Å². The second kappa shape index (κ2) is 20.4. The Hall–Kier alpha value is -5.83. The van der Waals surface area contributed by atoms with E-state index in [2.05, 4.69) is 0 Å². The zero-order valence-corrected chi connectivity index (χ0v) is 32.5. The molecule has 0 bridgehead atoms. The molecular formula is C36H44O21. The lowest BCUT2D eigenvalue weighted by atomic mass is 9.98. The van der Waals surface area contributed by atoms with E-state index in [1.807, 2.05) is 0 Å². The molecule has 0 saturated carbocycles. The molecule has 0 radical (unpaired) electrons. The Balaban J connectivity index is 2.14. The number of rotatable bonds is 15. The predicted octanol–water partition coefficient (Wildman–Crippen LogP) is 0.813. The summed E-state index contributed by atoms with van der Waals surface area (Å²) in [7, 11) is 0. The van der Waals surface area contributed by atoms with Gasteiger partial charge in [-0.25, -0.2) is 0 Å². The van der Waals surface area contributed by atoms with E-state index in [0.717, 1.165) is 61.5 Å². The monoisotopic (exact) mass is 812 g/mol. The fourth-order valence-electron chi connectivity index (χ4n) is 5.79. The van der Waals surface area contributed by atoms with Crippen molar-refractivity contribution in [2.24, 2.45) is 0 Å². The Bertz CT molecular complexity index is 1700. The Kier molecular flexibility index (Phi) is 16.3. The van der Waals surface area contributed by atoms with Crippen molar-refractivity contribution in [3.05, 3.63) is 23.8 Å². The van der Waals surface area contributed by atoms with Crippen LogP contribution >= 0.6 is 0 Å². The molecule has 314 valence electrons. The number of ketones is 1. The molecule has 0 N–H and O–H groups in total. The molecule has 2 fully saturated rings. The fourth-order valence-corrected chi connectivity index (χ4v) is 5.79. The molecular weight excluding hydrogens is 768 g/mol. The summed E-state index contributed by atoms with van der Waals surface area (Å²) in [5.41, 5.74) is -0.100. The van der Waals surface area contributed by atoms with Crippen LogP contribution in [-0.4, -0.2) is 128 Å². The summed E-state index contributed by atoms with van der Waals surface area (Å²) in [6.07, 6.45) is -15.6. The summed E-state index contributed by atoms with van der Waals surface area (Å²) in [4.78, 5) is 110. The SMILES string of the molecule is CC(=O)OC[C@H]1O[C@@H](Oc2ccc(C(C)=O)c(O[C@@H]3O[C@H](COC(C)=O)[C@@H](OC(C)=O)[C@H](OC(C)=O)[C@H]3OC(C)=O)c2)[C@H](OC(C)=O)[C@@H](OC(C)=O)[C@@H]1OC(C)=O. The number of esters is 8. The van der Waals surface area contributed by atoms with Crippen LogP contribution in [0.5, 0.6) is 11.5 Å². The van der Waals surface area contributed by atoms with Crippen LogP contribution in [0.25, 0.3) is 0 Å². The maximum Gasteiger partial charge on any atom is 0.303 e. The summed E-state index contributed by atoms with van der Waals surface area (Å²) in [5, 5.41) is 0. The van der Waals surface area contributed by atoms with Gasteiger partial charge < -0.3 is 56.8 Å². The van der Waals surface area contributed by atoms with Crippen molar-refractivity contribution in [1.82, 2.24) is 0 Å². The van der Waals surface area contributed by atoms with E-state index in [4.69, 9.17) is 56.8 Å². The van der Waals surface area contributed by atoms with Crippen LogP contribution in [0.4, 0.5) is 0 Å². The number of ether oxygens (including phenoxy) is 12. The third-order valence-corrected chi connectivity index (χ3v) is 7.72. The smallest absolute Gasteiger partial charge is 0.303 e. The first-order chi connectivity index (χ1) is 26.7. The van der Waals surface area contributed by atoms with Crippen LogP contribution in [0.1, 0.15) is 72.7 Å². The van der Waals surface area contributed by atoms with Crippen LogP contribution < -0.4 is 9.47 Å². The molecule has 2 saturated heterocycles. The molecule has 21 nitrogen and oxygen atoms in total. The molecule has 1 aromatic carbocycles. The van der Waals surface area contributed by atoms with Crippen LogP contribution in [0.2, 0.25) is 0 Å². The number of Topliss-reactive ketones (excluding diaryl/α,β-unsaturated/α-hetero) is 1. The summed E-state index contributed by atoms with van der Waals surface area (Å²) in [6.45, 7) is 8.52. The average Bonchev–Trinajstić information content (AvgIpc) is 3.07. The molecule has 0 spiro atoms. The molecule has 10 atom stereocenters. The lowest BCUT2D eigenvalue weighted by molar-refractivity contribution is -0.289. The van der Waals surface area contributed by atoms with Gasteiger partial charge in [0.05, 0.1) is 5.56 Å². The van der Waals surface area contributed by atoms with Crippen LogP contribution in [0.3, 0.4) is 0 Å². The minimum atomic E-state index is -1.76. The Labute approximate surface area is 325 Å². The van der Waals surface area contributed by atoms with Gasteiger partial charge in [-0.15, -0.1) is 0 Å². The highest BCUT2D eigenvalue weighted by atomic mass is 16.8. The topological polar surface area (TPSA) is 264 Å². The van der Waals surface area contributed by atoms with Gasteiger partial charge in [0.15, 0.2) is 30.2 Å². The molecule has 2 aliphatic heterocycles.